The van der Waals surface area contributed by atoms with E-state index >= 15 is 0 Å². The van der Waals surface area contributed by atoms with Gasteiger partial charge in [0, 0.05) is 5.39 Å². The maximum Gasteiger partial charge on any atom is 0.295 e. The number of rotatable bonds is 5. The van der Waals surface area contributed by atoms with Crippen molar-refractivity contribution in [3.8, 4) is 5.75 Å². The van der Waals surface area contributed by atoms with Crippen LogP contribution in [0.2, 0.25) is 0 Å². The molecule has 1 aromatic heterocycles. The monoisotopic (exact) mass is 238 g/mol. The molecule has 1 unspecified atom stereocenters. The lowest BCUT2D eigenvalue weighted by atomic mass is 10.2. The normalized spacial score (nSPS) is 12.4. The number of ether oxygens (including phenoxy) is 2. The van der Waals surface area contributed by atoms with Crippen molar-refractivity contribution in [2.24, 2.45) is 0 Å². The summed E-state index contributed by atoms with van der Waals surface area (Å²) in [7, 11) is 1.57. The summed E-state index contributed by atoms with van der Waals surface area (Å²) in [5.41, 5.74) is 0.638. The van der Waals surface area contributed by atoms with E-state index in [1.807, 2.05) is 0 Å². The van der Waals surface area contributed by atoms with Crippen molar-refractivity contribution in [3.05, 3.63) is 30.0 Å². The van der Waals surface area contributed by atoms with Crippen molar-refractivity contribution < 1.29 is 23.1 Å². The van der Waals surface area contributed by atoms with E-state index in [1.165, 1.54) is 0 Å². The van der Waals surface area contributed by atoms with Crippen LogP contribution in [-0.2, 0) is 16.0 Å². The Balaban J connectivity index is 2.22. The molecule has 2 rings (SSSR count). The molecule has 1 aromatic carbocycles. The molecule has 0 spiro atoms. The minimum absolute atomic E-state index is 0.0797. The first-order valence-electron chi connectivity index (χ1n) is 5.02. The molecule has 0 amide bonds. The first-order valence-corrected chi connectivity index (χ1v) is 5.02. The average molecular weight is 238 g/mol. The topological polar surface area (TPSA) is 48.7 Å². The number of alkyl halides is 1. The molecule has 0 N–H and O–H groups in total. The predicted molar refractivity (Wildman–Crippen MR) is 58.5 cm³/mol. The molecule has 0 radical (unpaired) electrons. The molecule has 2 aromatic rings. The lowest BCUT2D eigenvalue weighted by Crippen LogP contribution is -2.07. The SMILES string of the molecule is COc1ccc2oc(CC(F)OC=O)cc2c1. The summed E-state index contributed by atoms with van der Waals surface area (Å²) in [5.74, 6) is 1.12. The Morgan fingerprint density at radius 1 is 1.47 bits per heavy atom. The maximum absolute atomic E-state index is 13.0. The van der Waals surface area contributed by atoms with Gasteiger partial charge in [-0.05, 0) is 24.3 Å². The minimum Gasteiger partial charge on any atom is -0.497 e. The number of hydrogen-bond acceptors (Lipinski definition) is 4. The molecule has 0 aliphatic heterocycles. The van der Waals surface area contributed by atoms with Crippen molar-refractivity contribution >= 4 is 17.4 Å². The lowest BCUT2D eigenvalue weighted by molar-refractivity contribution is -0.141. The van der Waals surface area contributed by atoms with Crippen LogP contribution >= 0.6 is 0 Å². The van der Waals surface area contributed by atoms with Crippen LogP contribution in [0.25, 0.3) is 11.0 Å². The fourth-order valence-corrected chi connectivity index (χ4v) is 1.57. The van der Waals surface area contributed by atoms with Crippen molar-refractivity contribution in [3.63, 3.8) is 0 Å². The van der Waals surface area contributed by atoms with E-state index in [4.69, 9.17) is 9.15 Å². The van der Waals surface area contributed by atoms with Gasteiger partial charge in [-0.2, -0.15) is 0 Å². The van der Waals surface area contributed by atoms with Crippen LogP contribution in [-0.4, -0.2) is 19.9 Å². The Morgan fingerprint density at radius 3 is 3.00 bits per heavy atom. The molecule has 4 nitrogen and oxygen atoms in total. The third kappa shape index (κ3) is 2.55. The second-order valence-corrected chi connectivity index (χ2v) is 3.46. The zero-order chi connectivity index (χ0) is 12.3. The van der Waals surface area contributed by atoms with Gasteiger partial charge >= 0.3 is 0 Å². The van der Waals surface area contributed by atoms with Gasteiger partial charge in [0.15, 0.2) is 0 Å². The molecule has 90 valence electrons. The van der Waals surface area contributed by atoms with E-state index in [-0.39, 0.29) is 12.9 Å². The van der Waals surface area contributed by atoms with Gasteiger partial charge in [-0.1, -0.05) is 0 Å². The van der Waals surface area contributed by atoms with Gasteiger partial charge in [0.1, 0.15) is 17.1 Å². The summed E-state index contributed by atoms with van der Waals surface area (Å²) in [5, 5.41) is 0.817. The minimum atomic E-state index is -1.69. The number of fused-ring (bicyclic) bond motifs is 1. The average Bonchev–Trinajstić information content (AvgIpc) is 2.69. The lowest BCUT2D eigenvalue weighted by Gasteiger charge is -2.01. The molecule has 0 aliphatic carbocycles. The largest absolute Gasteiger partial charge is 0.497 e. The first-order chi connectivity index (χ1) is 8.22. The summed E-state index contributed by atoms with van der Waals surface area (Å²) < 4.78 is 27.6. The van der Waals surface area contributed by atoms with E-state index in [0.29, 0.717) is 17.1 Å². The van der Waals surface area contributed by atoms with Crippen molar-refractivity contribution in [1.82, 2.24) is 0 Å². The second-order valence-electron chi connectivity index (χ2n) is 3.46. The summed E-state index contributed by atoms with van der Waals surface area (Å²) in [6, 6.07) is 6.98. The smallest absolute Gasteiger partial charge is 0.295 e. The van der Waals surface area contributed by atoms with Gasteiger partial charge in [-0.25, -0.2) is 4.39 Å². The third-order valence-corrected chi connectivity index (χ3v) is 2.34. The van der Waals surface area contributed by atoms with Crippen LogP contribution in [0.1, 0.15) is 5.76 Å². The van der Waals surface area contributed by atoms with Crippen LogP contribution in [0.4, 0.5) is 4.39 Å². The number of furan rings is 1. The number of carbonyl (C=O) groups excluding carboxylic acids is 1. The van der Waals surface area contributed by atoms with E-state index in [0.717, 1.165) is 5.39 Å². The molecule has 5 heteroatoms. The zero-order valence-corrected chi connectivity index (χ0v) is 9.18. The Hall–Kier alpha value is -2.04. The zero-order valence-electron chi connectivity index (χ0n) is 9.18. The van der Waals surface area contributed by atoms with Crippen LogP contribution in [0.5, 0.6) is 5.75 Å². The fourth-order valence-electron chi connectivity index (χ4n) is 1.57. The highest BCUT2D eigenvalue weighted by Gasteiger charge is 2.12. The second kappa shape index (κ2) is 4.86. The Bertz CT molecular complexity index is 520. The predicted octanol–water partition coefficient (Wildman–Crippen LogP) is 2.45. The molecular formula is C12H11FO4. The summed E-state index contributed by atoms with van der Waals surface area (Å²) in [4.78, 5) is 9.95. The maximum atomic E-state index is 13.0. The molecule has 1 atom stereocenters. The third-order valence-electron chi connectivity index (χ3n) is 2.34. The Morgan fingerprint density at radius 2 is 2.29 bits per heavy atom. The number of carbonyl (C=O) groups is 1. The highest BCUT2D eigenvalue weighted by Crippen LogP contribution is 2.25. The molecule has 17 heavy (non-hydrogen) atoms. The van der Waals surface area contributed by atoms with Gasteiger partial charge in [-0.3, -0.25) is 4.79 Å². The number of benzene rings is 1. The van der Waals surface area contributed by atoms with Gasteiger partial charge in [-0.15, -0.1) is 0 Å². The van der Waals surface area contributed by atoms with Crippen LogP contribution in [0.3, 0.4) is 0 Å². The number of hydrogen-bond donors (Lipinski definition) is 0. The fraction of sp³-hybridized carbons (Fsp3) is 0.250. The van der Waals surface area contributed by atoms with Gasteiger partial charge in [0.25, 0.3) is 6.47 Å². The Labute approximate surface area is 96.9 Å². The summed E-state index contributed by atoms with van der Waals surface area (Å²) >= 11 is 0. The highest BCUT2D eigenvalue weighted by molar-refractivity contribution is 5.79. The molecule has 0 saturated heterocycles. The first kappa shape index (κ1) is 11.4. The standard InChI is InChI=1S/C12H11FO4/c1-15-9-2-3-11-8(4-9)5-10(17-11)6-12(13)16-7-14/h2-5,7,12H,6H2,1H3. The van der Waals surface area contributed by atoms with Crippen LogP contribution < -0.4 is 4.74 Å². The molecule has 1 heterocycles. The van der Waals surface area contributed by atoms with E-state index < -0.39 is 6.36 Å². The Kier molecular flexibility index (Phi) is 3.27. The van der Waals surface area contributed by atoms with E-state index in [9.17, 15) is 9.18 Å². The number of methoxy groups -OCH3 is 1. The number of halogens is 1. The molecule has 0 saturated carbocycles. The molecule has 0 fully saturated rings. The molecule has 0 aliphatic rings. The van der Waals surface area contributed by atoms with E-state index in [1.54, 1.807) is 31.4 Å². The van der Waals surface area contributed by atoms with Gasteiger partial charge in [0.05, 0.1) is 13.5 Å². The summed E-state index contributed by atoms with van der Waals surface area (Å²) in [6.45, 7) is 0.0797. The quantitative estimate of drug-likeness (QED) is 0.751. The molecule has 0 bridgehead atoms. The van der Waals surface area contributed by atoms with E-state index in [2.05, 4.69) is 4.74 Å². The molecular weight excluding hydrogens is 227 g/mol. The van der Waals surface area contributed by atoms with Crippen LogP contribution in [0.15, 0.2) is 28.7 Å². The van der Waals surface area contributed by atoms with Crippen molar-refractivity contribution in [2.75, 3.05) is 7.11 Å². The van der Waals surface area contributed by atoms with Gasteiger partial charge in [0.2, 0.25) is 6.36 Å². The van der Waals surface area contributed by atoms with Crippen molar-refractivity contribution in [2.45, 2.75) is 12.8 Å². The van der Waals surface area contributed by atoms with Gasteiger partial charge < -0.3 is 13.9 Å². The highest BCUT2D eigenvalue weighted by atomic mass is 19.1. The van der Waals surface area contributed by atoms with Crippen LogP contribution in [0, 0.1) is 0 Å². The summed E-state index contributed by atoms with van der Waals surface area (Å²) in [6.07, 6.45) is -1.79. The van der Waals surface area contributed by atoms with Crippen molar-refractivity contribution in [1.29, 1.82) is 0 Å².